The van der Waals surface area contributed by atoms with E-state index in [9.17, 15) is 14.4 Å². The van der Waals surface area contributed by atoms with Crippen LogP contribution in [0.25, 0.3) is 0 Å². The number of hydrogen-bond donors (Lipinski definition) is 3. The molecule has 1 saturated heterocycles. The first kappa shape index (κ1) is 23.2. The lowest BCUT2D eigenvalue weighted by Crippen LogP contribution is -2.38. The summed E-state index contributed by atoms with van der Waals surface area (Å²) in [5.41, 5.74) is 2.44. The fourth-order valence-corrected chi connectivity index (χ4v) is 3.65. The first-order valence-corrected chi connectivity index (χ1v) is 11.1. The molecule has 178 valence electrons. The molecule has 1 aliphatic heterocycles. The third kappa shape index (κ3) is 5.90. The molecule has 2 aromatic heterocycles. The zero-order valence-electron chi connectivity index (χ0n) is 18.9. The number of aryl methyl sites for hydroxylation is 1. The van der Waals surface area contributed by atoms with E-state index >= 15 is 0 Å². The maximum absolute atomic E-state index is 12.6. The van der Waals surface area contributed by atoms with Gasteiger partial charge in [0.05, 0.1) is 19.5 Å². The number of furan rings is 1. The molecule has 1 fully saturated rings. The Hall–Kier alpha value is -3.92. The Morgan fingerprint density at radius 2 is 1.91 bits per heavy atom. The fraction of sp³-hybridized carbons (Fsp3) is 0.333. The Morgan fingerprint density at radius 1 is 1.15 bits per heavy atom. The van der Waals surface area contributed by atoms with Crippen LogP contribution in [0, 0.1) is 6.92 Å². The highest BCUT2D eigenvalue weighted by molar-refractivity contribution is 6.02. The average Bonchev–Trinajstić information content (AvgIpc) is 3.39. The van der Waals surface area contributed by atoms with Gasteiger partial charge in [-0.25, -0.2) is 4.98 Å². The number of nitrogens with one attached hydrogen (secondary N) is 3. The average molecular weight is 466 g/mol. The maximum Gasteiger partial charge on any atom is 0.291 e. The number of rotatable bonds is 8. The summed E-state index contributed by atoms with van der Waals surface area (Å²) in [4.78, 5) is 46.2. The van der Waals surface area contributed by atoms with Crippen LogP contribution >= 0.6 is 0 Å². The van der Waals surface area contributed by atoms with Gasteiger partial charge < -0.3 is 24.7 Å². The molecule has 3 heterocycles. The molecule has 1 aromatic carbocycles. The molecule has 10 nitrogen and oxygen atoms in total. The molecule has 34 heavy (non-hydrogen) atoms. The number of morpholine rings is 1. The molecule has 0 spiro atoms. The number of anilines is 2. The molecule has 0 unspecified atom stereocenters. The van der Waals surface area contributed by atoms with Gasteiger partial charge in [-0.05, 0) is 43.2 Å². The summed E-state index contributed by atoms with van der Waals surface area (Å²) >= 11 is 0. The molecular weight excluding hydrogens is 438 g/mol. The van der Waals surface area contributed by atoms with Gasteiger partial charge in [-0.15, -0.1) is 0 Å². The number of ether oxygens (including phenoxy) is 1. The highest BCUT2D eigenvalue weighted by atomic mass is 16.5. The van der Waals surface area contributed by atoms with E-state index in [0.717, 1.165) is 5.56 Å². The fourth-order valence-electron chi connectivity index (χ4n) is 3.65. The zero-order chi connectivity index (χ0) is 23.9. The molecule has 3 aromatic rings. The highest BCUT2D eigenvalue weighted by Gasteiger charge is 2.17. The van der Waals surface area contributed by atoms with Gasteiger partial charge in [-0.2, -0.15) is 0 Å². The Balaban J connectivity index is 1.25. The topological polar surface area (TPSA) is 130 Å². The number of aromatic amines is 1. The molecule has 0 saturated carbocycles. The minimum absolute atomic E-state index is 0.161. The second-order valence-electron chi connectivity index (χ2n) is 7.96. The van der Waals surface area contributed by atoms with E-state index in [0.29, 0.717) is 62.2 Å². The summed E-state index contributed by atoms with van der Waals surface area (Å²) in [7, 11) is 0. The van der Waals surface area contributed by atoms with Crippen LogP contribution in [0.1, 0.15) is 33.8 Å². The third-order valence-corrected chi connectivity index (χ3v) is 5.57. The molecule has 0 aliphatic carbocycles. The molecule has 4 rings (SSSR count). The van der Waals surface area contributed by atoms with Crippen molar-refractivity contribution in [1.29, 1.82) is 0 Å². The van der Waals surface area contributed by atoms with Gasteiger partial charge in [0.2, 0.25) is 11.9 Å². The zero-order valence-corrected chi connectivity index (χ0v) is 18.9. The van der Waals surface area contributed by atoms with Crippen LogP contribution in [0.4, 0.5) is 11.6 Å². The lowest BCUT2D eigenvalue weighted by Gasteiger charge is -2.27. The molecular formula is C24H27N5O5. The van der Waals surface area contributed by atoms with Gasteiger partial charge >= 0.3 is 0 Å². The van der Waals surface area contributed by atoms with Gasteiger partial charge in [0.25, 0.3) is 11.5 Å². The first-order valence-electron chi connectivity index (χ1n) is 11.1. The lowest BCUT2D eigenvalue weighted by molar-refractivity contribution is -0.121. The maximum atomic E-state index is 12.6. The molecule has 3 N–H and O–H groups in total. The number of hydrogen-bond acceptors (Lipinski definition) is 7. The minimum Gasteiger partial charge on any atom is -0.459 e. The normalized spacial score (nSPS) is 13.5. The van der Waals surface area contributed by atoms with Crippen LogP contribution in [0.3, 0.4) is 0 Å². The number of nitrogens with zero attached hydrogens (tertiary/aromatic N) is 2. The Labute approximate surface area is 196 Å². The largest absolute Gasteiger partial charge is 0.459 e. The molecule has 0 atom stereocenters. The quantitative estimate of drug-likeness (QED) is 0.464. The monoisotopic (exact) mass is 465 g/mol. The van der Waals surface area contributed by atoms with Crippen molar-refractivity contribution in [3.63, 3.8) is 0 Å². The second kappa shape index (κ2) is 10.8. The third-order valence-electron chi connectivity index (χ3n) is 5.57. The summed E-state index contributed by atoms with van der Waals surface area (Å²) in [5, 5.41) is 5.60. The Morgan fingerprint density at radius 3 is 2.59 bits per heavy atom. The lowest BCUT2D eigenvalue weighted by atomic mass is 10.1. The molecule has 2 amide bonds. The van der Waals surface area contributed by atoms with Gasteiger partial charge in [0.15, 0.2) is 5.76 Å². The van der Waals surface area contributed by atoms with Crippen LogP contribution in [0.5, 0.6) is 0 Å². The van der Waals surface area contributed by atoms with Crippen molar-refractivity contribution in [3.05, 3.63) is 75.6 Å². The van der Waals surface area contributed by atoms with Crippen LogP contribution < -0.4 is 21.1 Å². The molecule has 0 bridgehead atoms. The summed E-state index contributed by atoms with van der Waals surface area (Å²) in [6.07, 6.45) is 1.93. The van der Waals surface area contributed by atoms with Crippen LogP contribution in [0.15, 0.2) is 51.9 Å². The number of aromatic nitrogens is 2. The Kier molecular flexibility index (Phi) is 7.38. The van der Waals surface area contributed by atoms with Crippen molar-refractivity contribution in [2.75, 3.05) is 36.5 Å². The van der Waals surface area contributed by atoms with Crippen molar-refractivity contribution in [2.24, 2.45) is 0 Å². The van der Waals surface area contributed by atoms with Crippen LogP contribution in [0.2, 0.25) is 0 Å². The van der Waals surface area contributed by atoms with Gasteiger partial charge in [-0.3, -0.25) is 19.4 Å². The van der Waals surface area contributed by atoms with E-state index in [2.05, 4.69) is 20.6 Å². The number of benzene rings is 1. The summed E-state index contributed by atoms with van der Waals surface area (Å²) in [6, 6.07) is 10.4. The number of H-pyrrole nitrogens is 1. The summed E-state index contributed by atoms with van der Waals surface area (Å²) in [6.45, 7) is 4.70. The summed E-state index contributed by atoms with van der Waals surface area (Å²) in [5.74, 6) is 0.286. The van der Waals surface area contributed by atoms with E-state index < -0.39 is 0 Å². The van der Waals surface area contributed by atoms with E-state index in [1.54, 1.807) is 31.2 Å². The standard InChI is InChI=1S/C24H27N5O5/c1-16-19(22(31)28-24(26-16)29-10-13-33-14-11-29)8-9-21(30)25-15-17-4-6-18(7-5-17)27-23(32)20-3-2-12-34-20/h2-7,12H,8-11,13-15H2,1H3,(H,25,30)(H,27,32)(H,26,28,31). The van der Waals surface area contributed by atoms with Gasteiger partial charge in [0.1, 0.15) is 0 Å². The van der Waals surface area contributed by atoms with E-state index in [4.69, 9.17) is 9.15 Å². The predicted octanol–water partition coefficient (Wildman–Crippen LogP) is 2.01. The predicted molar refractivity (Wildman–Crippen MR) is 126 cm³/mol. The molecule has 10 heteroatoms. The number of amides is 2. The van der Waals surface area contributed by atoms with Crippen molar-refractivity contribution < 1.29 is 18.7 Å². The van der Waals surface area contributed by atoms with Gasteiger partial charge in [0, 0.05) is 43.0 Å². The minimum atomic E-state index is -0.330. The summed E-state index contributed by atoms with van der Waals surface area (Å²) < 4.78 is 10.4. The SMILES string of the molecule is Cc1nc(N2CCOCC2)[nH]c(=O)c1CCC(=O)NCc1ccc(NC(=O)c2ccco2)cc1. The van der Waals surface area contributed by atoms with Crippen molar-refractivity contribution in [2.45, 2.75) is 26.3 Å². The number of carbonyl (C=O) groups excluding carboxylic acids is 2. The van der Waals surface area contributed by atoms with Gasteiger partial charge in [-0.1, -0.05) is 12.1 Å². The van der Waals surface area contributed by atoms with E-state index in [1.165, 1.54) is 6.26 Å². The van der Waals surface area contributed by atoms with Crippen molar-refractivity contribution >= 4 is 23.5 Å². The van der Waals surface area contributed by atoms with Crippen molar-refractivity contribution in [3.8, 4) is 0 Å². The van der Waals surface area contributed by atoms with Crippen LogP contribution in [-0.2, 0) is 22.5 Å². The van der Waals surface area contributed by atoms with Crippen LogP contribution in [-0.4, -0.2) is 48.1 Å². The highest BCUT2D eigenvalue weighted by Crippen LogP contribution is 2.13. The van der Waals surface area contributed by atoms with Crippen molar-refractivity contribution in [1.82, 2.24) is 15.3 Å². The smallest absolute Gasteiger partial charge is 0.291 e. The number of carbonyl (C=O) groups is 2. The molecule has 0 radical (unpaired) electrons. The Bertz CT molecular complexity index is 1180. The van der Waals surface area contributed by atoms with E-state index in [-0.39, 0.29) is 29.6 Å². The second-order valence-corrected chi connectivity index (χ2v) is 7.96. The first-order chi connectivity index (χ1) is 16.5. The molecule has 1 aliphatic rings. The van der Waals surface area contributed by atoms with E-state index in [1.807, 2.05) is 17.0 Å².